The summed E-state index contributed by atoms with van der Waals surface area (Å²) in [7, 11) is -3.50. The Morgan fingerprint density at radius 2 is 1.62 bits per heavy atom. The van der Waals surface area contributed by atoms with Gasteiger partial charge < -0.3 is 5.32 Å². The van der Waals surface area contributed by atoms with Crippen molar-refractivity contribution in [3.8, 4) is 0 Å². The van der Waals surface area contributed by atoms with Crippen LogP contribution in [0.1, 0.15) is 43.6 Å². The first-order valence-electron chi connectivity index (χ1n) is 9.62. The van der Waals surface area contributed by atoms with Crippen molar-refractivity contribution in [2.24, 2.45) is 11.8 Å². The van der Waals surface area contributed by atoms with E-state index < -0.39 is 10.0 Å². The minimum absolute atomic E-state index is 0.0886. The third kappa shape index (κ3) is 6.47. The van der Waals surface area contributed by atoms with Crippen molar-refractivity contribution in [1.82, 2.24) is 5.32 Å². The summed E-state index contributed by atoms with van der Waals surface area (Å²) in [5, 5.41) is 3.55. The van der Waals surface area contributed by atoms with E-state index in [2.05, 4.69) is 33.0 Å². The molecule has 0 radical (unpaired) electrons. The van der Waals surface area contributed by atoms with Gasteiger partial charge in [-0.2, -0.15) is 0 Å². The van der Waals surface area contributed by atoms with Crippen LogP contribution in [0.4, 0.5) is 5.69 Å². The zero-order valence-corrected chi connectivity index (χ0v) is 19.1. The molecule has 158 valence electrons. The molecule has 0 fully saturated rings. The second kappa shape index (κ2) is 9.63. The van der Waals surface area contributed by atoms with Gasteiger partial charge in [-0.25, -0.2) is 8.42 Å². The van der Waals surface area contributed by atoms with Crippen LogP contribution in [0, 0.1) is 11.8 Å². The lowest BCUT2D eigenvalue weighted by Crippen LogP contribution is -2.42. The second-order valence-corrected chi connectivity index (χ2v) is 10.3. The summed E-state index contributed by atoms with van der Waals surface area (Å²) in [4.78, 5) is 12.6. The van der Waals surface area contributed by atoms with Gasteiger partial charge in [-0.3, -0.25) is 9.10 Å². The Balaban J connectivity index is 2.19. The summed E-state index contributed by atoms with van der Waals surface area (Å²) in [5.41, 5.74) is 1.82. The third-order valence-corrected chi connectivity index (χ3v) is 6.15. The first kappa shape index (κ1) is 23.2. The van der Waals surface area contributed by atoms with Gasteiger partial charge in [-0.15, -0.1) is 0 Å². The van der Waals surface area contributed by atoms with Crippen molar-refractivity contribution >= 4 is 33.2 Å². The number of benzene rings is 2. The van der Waals surface area contributed by atoms with Crippen LogP contribution in [0.15, 0.2) is 48.5 Å². The highest BCUT2D eigenvalue weighted by Gasteiger charge is 2.21. The number of amides is 1. The molecule has 5 nitrogen and oxygen atoms in total. The molecular formula is C22H29ClN2O3S. The Hall–Kier alpha value is -2.05. The lowest BCUT2D eigenvalue weighted by molar-refractivity contribution is 0.0910. The number of halogens is 1. The van der Waals surface area contributed by atoms with Crippen LogP contribution in [-0.4, -0.2) is 26.6 Å². The number of nitrogens with zero attached hydrogens (tertiary/aromatic N) is 1. The molecule has 2 aromatic rings. The molecule has 0 aromatic heterocycles. The van der Waals surface area contributed by atoms with E-state index in [1.807, 2.05) is 0 Å². The Morgan fingerprint density at radius 3 is 2.10 bits per heavy atom. The lowest BCUT2D eigenvalue weighted by Gasteiger charge is -2.26. The summed E-state index contributed by atoms with van der Waals surface area (Å²) in [6.45, 7) is 8.50. The maximum Gasteiger partial charge on any atom is 0.251 e. The van der Waals surface area contributed by atoms with Gasteiger partial charge in [-0.05, 0) is 47.7 Å². The molecule has 0 aliphatic rings. The highest BCUT2D eigenvalue weighted by atomic mass is 35.5. The van der Waals surface area contributed by atoms with Gasteiger partial charge in [-0.1, -0.05) is 57.5 Å². The molecule has 2 aromatic carbocycles. The Morgan fingerprint density at radius 1 is 1.03 bits per heavy atom. The van der Waals surface area contributed by atoms with Crippen molar-refractivity contribution in [3.05, 3.63) is 64.7 Å². The first-order valence-corrected chi connectivity index (χ1v) is 11.8. The molecule has 0 aliphatic carbocycles. The summed E-state index contributed by atoms with van der Waals surface area (Å²) < 4.78 is 25.9. The van der Waals surface area contributed by atoms with Crippen LogP contribution in [-0.2, 0) is 16.6 Å². The number of carbonyl (C=O) groups excluding carboxylic acids is 1. The van der Waals surface area contributed by atoms with Crippen molar-refractivity contribution in [3.63, 3.8) is 0 Å². The summed E-state index contributed by atoms with van der Waals surface area (Å²) in [6.07, 6.45) is 1.16. The molecule has 29 heavy (non-hydrogen) atoms. The van der Waals surface area contributed by atoms with E-state index in [4.69, 9.17) is 11.6 Å². The number of rotatable bonds is 8. The van der Waals surface area contributed by atoms with E-state index in [0.29, 0.717) is 28.1 Å². The number of nitrogens with one attached hydrogen (secondary N) is 1. The topological polar surface area (TPSA) is 66.5 Å². The van der Waals surface area contributed by atoms with E-state index in [9.17, 15) is 13.2 Å². The van der Waals surface area contributed by atoms with E-state index in [1.165, 1.54) is 4.31 Å². The van der Waals surface area contributed by atoms with Gasteiger partial charge in [0.1, 0.15) is 0 Å². The zero-order valence-electron chi connectivity index (χ0n) is 17.5. The largest absolute Gasteiger partial charge is 0.349 e. The highest BCUT2D eigenvalue weighted by Crippen LogP contribution is 2.24. The van der Waals surface area contributed by atoms with E-state index in [-0.39, 0.29) is 18.5 Å². The zero-order chi connectivity index (χ0) is 21.8. The fraction of sp³-hybridized carbons (Fsp3) is 0.409. The quantitative estimate of drug-likeness (QED) is 0.651. The smallest absolute Gasteiger partial charge is 0.251 e. The first-order chi connectivity index (χ1) is 13.5. The molecule has 0 saturated heterocycles. The summed E-state index contributed by atoms with van der Waals surface area (Å²) in [5.74, 6) is 0.539. The van der Waals surface area contributed by atoms with Gasteiger partial charge >= 0.3 is 0 Å². The number of carbonyl (C=O) groups is 1. The van der Waals surface area contributed by atoms with Gasteiger partial charge in [0.2, 0.25) is 10.0 Å². The molecule has 2 rings (SSSR count). The molecule has 0 spiro atoms. The number of sulfonamides is 1. The van der Waals surface area contributed by atoms with Gasteiger partial charge in [0, 0.05) is 16.6 Å². The van der Waals surface area contributed by atoms with Crippen molar-refractivity contribution in [2.75, 3.05) is 10.6 Å². The number of anilines is 1. The highest BCUT2D eigenvalue weighted by molar-refractivity contribution is 7.92. The molecule has 0 saturated carbocycles. The van der Waals surface area contributed by atoms with Gasteiger partial charge in [0.15, 0.2) is 0 Å². The average Bonchev–Trinajstić information content (AvgIpc) is 2.63. The monoisotopic (exact) mass is 436 g/mol. The van der Waals surface area contributed by atoms with Crippen molar-refractivity contribution in [2.45, 2.75) is 40.3 Å². The SMILES string of the molecule is CC(C)C(NC(=O)c1ccc(CN(c2cccc(Cl)c2)S(C)(=O)=O)cc1)C(C)C. The van der Waals surface area contributed by atoms with E-state index in [0.717, 1.165) is 11.8 Å². The molecule has 0 unspecified atom stereocenters. The molecule has 1 amide bonds. The van der Waals surface area contributed by atoms with Crippen LogP contribution in [0.2, 0.25) is 5.02 Å². The van der Waals surface area contributed by atoms with Crippen LogP contribution < -0.4 is 9.62 Å². The van der Waals surface area contributed by atoms with Gasteiger partial charge in [0.25, 0.3) is 5.91 Å². The van der Waals surface area contributed by atoms with Crippen LogP contribution in [0.3, 0.4) is 0 Å². The second-order valence-electron chi connectivity index (χ2n) is 7.93. The number of hydrogen-bond donors (Lipinski definition) is 1. The van der Waals surface area contributed by atoms with Crippen LogP contribution >= 0.6 is 11.6 Å². The fourth-order valence-electron chi connectivity index (χ4n) is 3.30. The summed E-state index contributed by atoms with van der Waals surface area (Å²) >= 11 is 6.02. The summed E-state index contributed by atoms with van der Waals surface area (Å²) in [6, 6.07) is 13.8. The maximum absolute atomic E-state index is 12.6. The molecular weight excluding hydrogens is 408 g/mol. The fourth-order valence-corrected chi connectivity index (χ4v) is 4.36. The molecule has 7 heteroatoms. The van der Waals surface area contributed by atoms with Crippen molar-refractivity contribution in [1.29, 1.82) is 0 Å². The van der Waals surface area contributed by atoms with Crippen LogP contribution in [0.25, 0.3) is 0 Å². The number of hydrogen-bond acceptors (Lipinski definition) is 3. The Bertz CT molecular complexity index is 933. The standard InChI is InChI=1S/C22H29ClN2O3S/c1-15(2)21(16(3)4)24-22(26)18-11-9-17(10-12-18)14-25(29(5,27)28)20-8-6-7-19(23)13-20/h6-13,15-16,21H,14H2,1-5H3,(H,24,26). The van der Waals surface area contributed by atoms with E-state index in [1.54, 1.807) is 48.5 Å². The Labute approximate surface area is 179 Å². The average molecular weight is 437 g/mol. The van der Waals surface area contributed by atoms with Crippen molar-refractivity contribution < 1.29 is 13.2 Å². The molecule has 0 heterocycles. The minimum atomic E-state index is -3.50. The maximum atomic E-state index is 12.6. The lowest BCUT2D eigenvalue weighted by atomic mass is 9.93. The van der Waals surface area contributed by atoms with Gasteiger partial charge in [0.05, 0.1) is 18.5 Å². The van der Waals surface area contributed by atoms with Crippen LogP contribution in [0.5, 0.6) is 0 Å². The normalized spacial score (nSPS) is 11.9. The molecule has 0 bridgehead atoms. The predicted octanol–water partition coefficient (Wildman–Crippen LogP) is 4.72. The molecule has 1 N–H and O–H groups in total. The molecule has 0 aliphatic heterocycles. The van der Waals surface area contributed by atoms with E-state index >= 15 is 0 Å². The Kier molecular flexibility index (Phi) is 7.72. The minimum Gasteiger partial charge on any atom is -0.349 e. The third-order valence-electron chi connectivity index (χ3n) is 4.77. The predicted molar refractivity (Wildman–Crippen MR) is 120 cm³/mol. The molecule has 0 atom stereocenters.